The summed E-state index contributed by atoms with van der Waals surface area (Å²) < 4.78 is 0. The van der Waals surface area contributed by atoms with Gasteiger partial charge in [0.2, 0.25) is 0 Å². The Bertz CT molecular complexity index is 271. The maximum Gasteiger partial charge on any atom is 0.0366 e. The van der Waals surface area contributed by atoms with E-state index in [-0.39, 0.29) is 0 Å². The van der Waals surface area contributed by atoms with Gasteiger partial charge in [0.05, 0.1) is 0 Å². The molecule has 2 heteroatoms. The molecule has 0 bridgehead atoms. The summed E-state index contributed by atoms with van der Waals surface area (Å²) in [7, 11) is 2.03. The zero-order chi connectivity index (χ0) is 11.8. The van der Waals surface area contributed by atoms with Crippen LogP contribution >= 0.6 is 0 Å². The van der Waals surface area contributed by atoms with Gasteiger partial charge in [-0.25, -0.2) is 0 Å². The maximum atomic E-state index is 3.28. The van der Waals surface area contributed by atoms with Crippen LogP contribution in [0.4, 0.5) is 5.69 Å². The van der Waals surface area contributed by atoms with Crippen molar-refractivity contribution < 1.29 is 0 Å². The number of hydrogen-bond donors (Lipinski definition) is 1. The molecule has 0 fully saturated rings. The van der Waals surface area contributed by atoms with Crippen LogP contribution in [0.5, 0.6) is 0 Å². The lowest BCUT2D eigenvalue weighted by Gasteiger charge is -2.23. The SMILES string of the molecule is CCN(CCCC(C)NC)c1ccccc1. The molecule has 1 N–H and O–H groups in total. The van der Waals surface area contributed by atoms with E-state index in [4.69, 9.17) is 0 Å². The zero-order valence-electron chi connectivity index (χ0n) is 10.7. The molecule has 2 nitrogen and oxygen atoms in total. The number of anilines is 1. The fourth-order valence-electron chi connectivity index (χ4n) is 1.84. The fraction of sp³-hybridized carbons (Fsp3) is 0.571. The maximum absolute atomic E-state index is 3.28. The van der Waals surface area contributed by atoms with E-state index < -0.39 is 0 Å². The quantitative estimate of drug-likeness (QED) is 0.760. The van der Waals surface area contributed by atoms with Gasteiger partial charge in [0.1, 0.15) is 0 Å². The van der Waals surface area contributed by atoms with Crippen molar-refractivity contribution in [3.63, 3.8) is 0 Å². The van der Waals surface area contributed by atoms with E-state index in [1.807, 2.05) is 7.05 Å². The van der Waals surface area contributed by atoms with Crippen molar-refractivity contribution in [1.82, 2.24) is 5.32 Å². The summed E-state index contributed by atoms with van der Waals surface area (Å²) in [6.07, 6.45) is 2.48. The molecule has 0 aliphatic heterocycles. The molecule has 0 spiro atoms. The van der Waals surface area contributed by atoms with E-state index in [9.17, 15) is 0 Å². The number of para-hydroxylation sites is 1. The molecular formula is C14H24N2. The number of nitrogens with zero attached hydrogens (tertiary/aromatic N) is 1. The largest absolute Gasteiger partial charge is 0.372 e. The number of nitrogens with one attached hydrogen (secondary N) is 1. The molecule has 0 radical (unpaired) electrons. The van der Waals surface area contributed by atoms with Crippen LogP contribution < -0.4 is 10.2 Å². The minimum Gasteiger partial charge on any atom is -0.372 e. The predicted molar refractivity (Wildman–Crippen MR) is 72.1 cm³/mol. The van der Waals surface area contributed by atoms with E-state index in [0.29, 0.717) is 6.04 Å². The molecule has 0 aromatic heterocycles. The van der Waals surface area contributed by atoms with E-state index in [1.165, 1.54) is 18.5 Å². The van der Waals surface area contributed by atoms with Gasteiger partial charge in [-0.3, -0.25) is 0 Å². The molecule has 90 valence electrons. The molecule has 0 amide bonds. The summed E-state index contributed by atoms with van der Waals surface area (Å²) in [6.45, 7) is 6.68. The van der Waals surface area contributed by atoms with Crippen LogP contribution in [-0.4, -0.2) is 26.2 Å². The van der Waals surface area contributed by atoms with Crippen molar-refractivity contribution in [2.75, 3.05) is 25.0 Å². The second kappa shape index (κ2) is 7.29. The smallest absolute Gasteiger partial charge is 0.0366 e. The van der Waals surface area contributed by atoms with Gasteiger partial charge in [-0.05, 0) is 45.9 Å². The van der Waals surface area contributed by atoms with E-state index in [2.05, 4.69) is 54.4 Å². The monoisotopic (exact) mass is 220 g/mol. The Labute approximate surface area is 99.7 Å². The summed E-state index contributed by atoms with van der Waals surface area (Å²) in [6, 6.07) is 11.3. The lowest BCUT2D eigenvalue weighted by molar-refractivity contribution is 0.539. The molecule has 1 rings (SSSR count). The molecule has 0 heterocycles. The normalized spacial score (nSPS) is 12.4. The second-order valence-electron chi connectivity index (χ2n) is 4.25. The Morgan fingerprint density at radius 3 is 2.50 bits per heavy atom. The summed E-state index contributed by atoms with van der Waals surface area (Å²) in [5, 5.41) is 3.28. The molecule has 0 saturated carbocycles. The summed E-state index contributed by atoms with van der Waals surface area (Å²) in [5.74, 6) is 0. The molecule has 1 aromatic rings. The number of hydrogen-bond acceptors (Lipinski definition) is 2. The Morgan fingerprint density at radius 2 is 1.94 bits per heavy atom. The highest BCUT2D eigenvalue weighted by atomic mass is 15.1. The van der Waals surface area contributed by atoms with Crippen LogP contribution in [-0.2, 0) is 0 Å². The van der Waals surface area contributed by atoms with E-state index >= 15 is 0 Å². The Morgan fingerprint density at radius 1 is 1.25 bits per heavy atom. The predicted octanol–water partition coefficient (Wildman–Crippen LogP) is 2.90. The third-order valence-corrected chi connectivity index (χ3v) is 3.06. The molecule has 16 heavy (non-hydrogen) atoms. The van der Waals surface area contributed by atoms with Gasteiger partial charge in [0.15, 0.2) is 0 Å². The number of rotatable bonds is 7. The Hall–Kier alpha value is -1.02. The van der Waals surface area contributed by atoms with Crippen LogP contribution in [0.3, 0.4) is 0 Å². The van der Waals surface area contributed by atoms with Crippen LogP contribution in [0.15, 0.2) is 30.3 Å². The third kappa shape index (κ3) is 4.23. The standard InChI is InChI=1S/C14H24N2/c1-4-16(12-8-9-13(2)15-3)14-10-6-5-7-11-14/h5-7,10-11,13,15H,4,8-9,12H2,1-3H3. The zero-order valence-corrected chi connectivity index (χ0v) is 10.7. The minimum absolute atomic E-state index is 0.620. The van der Waals surface area contributed by atoms with Crippen LogP contribution in [0.25, 0.3) is 0 Å². The first-order chi connectivity index (χ1) is 7.77. The van der Waals surface area contributed by atoms with Gasteiger partial charge in [-0.15, -0.1) is 0 Å². The Kier molecular flexibility index (Phi) is 5.94. The molecule has 1 unspecified atom stereocenters. The highest BCUT2D eigenvalue weighted by molar-refractivity contribution is 5.45. The summed E-state index contributed by atoms with van der Waals surface area (Å²) in [4.78, 5) is 2.43. The van der Waals surface area contributed by atoms with Crippen LogP contribution in [0, 0.1) is 0 Å². The van der Waals surface area contributed by atoms with Crippen molar-refractivity contribution in [1.29, 1.82) is 0 Å². The molecule has 1 aromatic carbocycles. The first kappa shape index (κ1) is 13.0. The third-order valence-electron chi connectivity index (χ3n) is 3.06. The second-order valence-corrected chi connectivity index (χ2v) is 4.25. The van der Waals surface area contributed by atoms with Crippen molar-refractivity contribution >= 4 is 5.69 Å². The van der Waals surface area contributed by atoms with E-state index in [1.54, 1.807) is 0 Å². The lowest BCUT2D eigenvalue weighted by atomic mass is 10.1. The topological polar surface area (TPSA) is 15.3 Å². The van der Waals surface area contributed by atoms with Gasteiger partial charge in [0.25, 0.3) is 0 Å². The average molecular weight is 220 g/mol. The van der Waals surface area contributed by atoms with Gasteiger partial charge in [-0.1, -0.05) is 18.2 Å². The highest BCUT2D eigenvalue weighted by Crippen LogP contribution is 2.13. The fourth-order valence-corrected chi connectivity index (χ4v) is 1.84. The summed E-state index contributed by atoms with van der Waals surface area (Å²) in [5.41, 5.74) is 1.34. The first-order valence-electron chi connectivity index (χ1n) is 6.25. The molecule has 0 saturated heterocycles. The molecule has 0 aliphatic carbocycles. The van der Waals surface area contributed by atoms with Crippen molar-refractivity contribution in [2.24, 2.45) is 0 Å². The van der Waals surface area contributed by atoms with Crippen LogP contribution in [0.1, 0.15) is 26.7 Å². The minimum atomic E-state index is 0.620. The van der Waals surface area contributed by atoms with Gasteiger partial charge < -0.3 is 10.2 Å². The first-order valence-corrected chi connectivity index (χ1v) is 6.25. The van der Waals surface area contributed by atoms with Gasteiger partial charge in [0, 0.05) is 24.8 Å². The highest BCUT2D eigenvalue weighted by Gasteiger charge is 2.04. The van der Waals surface area contributed by atoms with Crippen LogP contribution in [0.2, 0.25) is 0 Å². The van der Waals surface area contributed by atoms with Crippen molar-refractivity contribution in [3.05, 3.63) is 30.3 Å². The molecule has 1 atom stereocenters. The molecular weight excluding hydrogens is 196 g/mol. The lowest BCUT2D eigenvalue weighted by Crippen LogP contribution is -2.27. The molecule has 0 aliphatic rings. The summed E-state index contributed by atoms with van der Waals surface area (Å²) >= 11 is 0. The van der Waals surface area contributed by atoms with Gasteiger partial charge >= 0.3 is 0 Å². The van der Waals surface area contributed by atoms with Crippen molar-refractivity contribution in [2.45, 2.75) is 32.7 Å². The Balaban J connectivity index is 2.38. The van der Waals surface area contributed by atoms with Gasteiger partial charge in [-0.2, -0.15) is 0 Å². The average Bonchev–Trinajstić information content (AvgIpc) is 2.35. The number of benzene rings is 1. The van der Waals surface area contributed by atoms with E-state index in [0.717, 1.165) is 13.1 Å². The van der Waals surface area contributed by atoms with Crippen molar-refractivity contribution in [3.8, 4) is 0 Å².